The van der Waals surface area contributed by atoms with E-state index in [0.717, 1.165) is 11.1 Å². The zero-order valence-electron chi connectivity index (χ0n) is 12.7. The van der Waals surface area contributed by atoms with Crippen molar-refractivity contribution in [3.8, 4) is 34.2 Å². The molecule has 0 saturated carbocycles. The first-order valence-electron chi connectivity index (χ1n) is 7.52. The third-order valence-electron chi connectivity index (χ3n) is 3.52. The van der Waals surface area contributed by atoms with E-state index < -0.39 is 0 Å². The van der Waals surface area contributed by atoms with Crippen LogP contribution >= 0.6 is 0 Å². The molecule has 0 aliphatic heterocycles. The van der Waals surface area contributed by atoms with Crippen LogP contribution < -0.4 is 0 Å². The number of hydrogen-bond donors (Lipinski definition) is 0. The molecule has 114 valence electrons. The van der Waals surface area contributed by atoms with E-state index in [1.54, 1.807) is 36.9 Å². The lowest BCUT2D eigenvalue weighted by atomic mass is 10.0. The van der Waals surface area contributed by atoms with Crippen molar-refractivity contribution in [2.45, 2.75) is 0 Å². The Balaban J connectivity index is 1.92. The lowest BCUT2D eigenvalue weighted by Crippen LogP contribution is -1.96. The molecule has 0 aliphatic carbocycles. The Morgan fingerprint density at radius 3 is 1.50 bits per heavy atom. The van der Waals surface area contributed by atoms with Gasteiger partial charge in [-0.05, 0) is 35.4 Å². The van der Waals surface area contributed by atoms with Crippen molar-refractivity contribution in [2.75, 3.05) is 0 Å². The van der Waals surface area contributed by atoms with Gasteiger partial charge < -0.3 is 0 Å². The molecule has 0 spiro atoms. The molecule has 0 atom stereocenters. The summed E-state index contributed by atoms with van der Waals surface area (Å²) in [6.45, 7) is 0. The predicted octanol–water partition coefficient (Wildman–Crippen LogP) is 3.66. The van der Waals surface area contributed by atoms with Gasteiger partial charge in [-0.1, -0.05) is 30.3 Å². The van der Waals surface area contributed by atoms with Gasteiger partial charge in [0.2, 0.25) is 0 Å². The zero-order valence-corrected chi connectivity index (χ0v) is 12.7. The molecule has 0 saturated heterocycles. The summed E-state index contributed by atoms with van der Waals surface area (Å²) in [5.74, 6) is 1.15. The highest BCUT2D eigenvalue weighted by Crippen LogP contribution is 2.27. The van der Waals surface area contributed by atoms with Gasteiger partial charge in [0.05, 0.1) is 0 Å². The minimum atomic E-state index is 0.576. The van der Waals surface area contributed by atoms with Gasteiger partial charge in [-0.2, -0.15) is 0 Å². The summed E-state index contributed by atoms with van der Waals surface area (Å²) < 4.78 is 0. The molecule has 0 unspecified atom stereocenters. The molecule has 0 aliphatic rings. The number of benzene rings is 1. The minimum absolute atomic E-state index is 0.576. The van der Waals surface area contributed by atoms with Crippen LogP contribution in [-0.4, -0.2) is 24.9 Å². The Kier molecular flexibility index (Phi) is 3.73. The fraction of sp³-hybridized carbons (Fsp3) is 0. The molecule has 0 fully saturated rings. The molecule has 24 heavy (non-hydrogen) atoms. The van der Waals surface area contributed by atoms with E-state index in [-0.39, 0.29) is 0 Å². The van der Waals surface area contributed by atoms with Gasteiger partial charge in [-0.25, -0.2) is 24.9 Å². The number of hydrogen-bond acceptors (Lipinski definition) is 5. The average Bonchev–Trinajstić information content (AvgIpc) is 2.70. The van der Waals surface area contributed by atoms with E-state index in [2.05, 4.69) is 37.1 Å². The Labute approximate surface area is 139 Å². The summed E-state index contributed by atoms with van der Waals surface area (Å²) in [5, 5.41) is 0. The Bertz CT molecular complexity index is 801. The van der Waals surface area contributed by atoms with Gasteiger partial charge in [0, 0.05) is 24.8 Å². The van der Waals surface area contributed by atoms with Gasteiger partial charge in [0.1, 0.15) is 11.4 Å². The van der Waals surface area contributed by atoms with Crippen LogP contribution in [0.4, 0.5) is 0 Å². The summed E-state index contributed by atoms with van der Waals surface area (Å²) in [4.78, 5) is 21.9. The van der Waals surface area contributed by atoms with Crippen LogP contribution in [0.5, 0.6) is 0 Å². The number of nitrogens with zero attached hydrogens (tertiary/aromatic N) is 5. The van der Waals surface area contributed by atoms with Crippen LogP contribution in [0, 0.1) is 0 Å². The monoisotopic (exact) mass is 311 g/mol. The fourth-order valence-electron chi connectivity index (χ4n) is 2.42. The zero-order chi connectivity index (χ0) is 16.2. The predicted molar refractivity (Wildman–Crippen MR) is 91.7 cm³/mol. The van der Waals surface area contributed by atoms with Crippen molar-refractivity contribution in [1.82, 2.24) is 24.9 Å². The number of rotatable bonds is 3. The van der Waals surface area contributed by atoms with Crippen LogP contribution in [0.2, 0.25) is 0 Å². The lowest BCUT2D eigenvalue weighted by Gasteiger charge is -2.08. The van der Waals surface area contributed by atoms with Crippen molar-refractivity contribution in [3.63, 3.8) is 0 Å². The molecule has 3 aromatic heterocycles. The van der Waals surface area contributed by atoms with Crippen molar-refractivity contribution in [3.05, 3.63) is 79.4 Å². The number of pyridine rings is 1. The van der Waals surface area contributed by atoms with E-state index in [1.807, 2.05) is 30.3 Å². The van der Waals surface area contributed by atoms with Crippen LogP contribution in [0.25, 0.3) is 34.2 Å². The highest BCUT2D eigenvalue weighted by atomic mass is 14.9. The topological polar surface area (TPSA) is 64.5 Å². The molecule has 4 rings (SSSR count). The molecule has 0 bridgehead atoms. The molecular formula is C19H13N5. The van der Waals surface area contributed by atoms with Gasteiger partial charge in [-0.15, -0.1) is 0 Å². The van der Waals surface area contributed by atoms with Crippen molar-refractivity contribution < 1.29 is 0 Å². The molecule has 5 nitrogen and oxygen atoms in total. The largest absolute Gasteiger partial charge is 0.241 e. The van der Waals surface area contributed by atoms with Crippen molar-refractivity contribution in [2.24, 2.45) is 0 Å². The maximum atomic E-state index is 4.65. The second-order valence-electron chi connectivity index (χ2n) is 5.14. The molecule has 3 heterocycles. The highest BCUT2D eigenvalue weighted by molar-refractivity contribution is 5.73. The van der Waals surface area contributed by atoms with Crippen LogP contribution in [-0.2, 0) is 0 Å². The van der Waals surface area contributed by atoms with E-state index in [1.165, 1.54) is 0 Å². The first kappa shape index (κ1) is 14.1. The van der Waals surface area contributed by atoms with E-state index in [9.17, 15) is 0 Å². The number of aromatic nitrogens is 5. The third-order valence-corrected chi connectivity index (χ3v) is 3.52. The van der Waals surface area contributed by atoms with Crippen LogP contribution in [0.3, 0.4) is 0 Å². The summed E-state index contributed by atoms with van der Waals surface area (Å²) in [6, 6.07) is 17.7. The summed E-state index contributed by atoms with van der Waals surface area (Å²) >= 11 is 0. The summed E-state index contributed by atoms with van der Waals surface area (Å²) in [7, 11) is 0. The molecular weight excluding hydrogens is 298 g/mol. The molecule has 0 amide bonds. The van der Waals surface area contributed by atoms with E-state index in [4.69, 9.17) is 0 Å². The van der Waals surface area contributed by atoms with Crippen LogP contribution in [0.15, 0.2) is 79.4 Å². The molecule has 4 aromatic rings. The highest BCUT2D eigenvalue weighted by Gasteiger charge is 2.11. The smallest absolute Gasteiger partial charge is 0.178 e. The summed E-state index contributed by atoms with van der Waals surface area (Å²) in [5.41, 5.74) is 3.50. The second kappa shape index (κ2) is 6.34. The summed E-state index contributed by atoms with van der Waals surface area (Å²) in [6.07, 6.45) is 6.82. The average molecular weight is 311 g/mol. The van der Waals surface area contributed by atoms with Crippen LogP contribution in [0.1, 0.15) is 0 Å². The van der Waals surface area contributed by atoms with Gasteiger partial charge in [-0.3, -0.25) is 0 Å². The molecule has 0 radical (unpaired) electrons. The molecule has 1 aromatic carbocycles. The first-order chi connectivity index (χ1) is 11.9. The van der Waals surface area contributed by atoms with Gasteiger partial charge in [0.25, 0.3) is 0 Å². The Morgan fingerprint density at radius 2 is 1.00 bits per heavy atom. The minimum Gasteiger partial charge on any atom is -0.241 e. The maximum Gasteiger partial charge on any atom is 0.178 e. The fourth-order valence-corrected chi connectivity index (χ4v) is 2.42. The second-order valence-corrected chi connectivity index (χ2v) is 5.14. The maximum absolute atomic E-state index is 4.65. The third kappa shape index (κ3) is 2.87. The van der Waals surface area contributed by atoms with Gasteiger partial charge in [0.15, 0.2) is 11.6 Å². The van der Waals surface area contributed by atoms with Gasteiger partial charge >= 0.3 is 0 Å². The van der Waals surface area contributed by atoms with Crippen molar-refractivity contribution in [1.29, 1.82) is 0 Å². The lowest BCUT2D eigenvalue weighted by molar-refractivity contribution is 1.11. The van der Waals surface area contributed by atoms with E-state index >= 15 is 0 Å². The SMILES string of the molecule is c1ccc(-c2cc(-c3ncccn3)nc(-c3ncccn3)c2)cc1. The quantitative estimate of drug-likeness (QED) is 0.577. The molecule has 5 heteroatoms. The van der Waals surface area contributed by atoms with E-state index in [0.29, 0.717) is 23.0 Å². The standard InChI is InChI=1S/C19H13N5/c1-2-6-14(7-3-1)15-12-16(18-20-8-4-9-21-18)24-17(13-15)19-22-10-5-11-23-19/h1-13H. The first-order valence-corrected chi connectivity index (χ1v) is 7.52. The normalized spacial score (nSPS) is 10.5. The Hall–Kier alpha value is -3.47. The molecule has 0 N–H and O–H groups in total. The van der Waals surface area contributed by atoms with Crippen molar-refractivity contribution >= 4 is 0 Å². The Morgan fingerprint density at radius 1 is 0.500 bits per heavy atom.